The summed E-state index contributed by atoms with van der Waals surface area (Å²) in [4.78, 5) is 0. The zero-order valence-electron chi connectivity index (χ0n) is 53.5. The van der Waals surface area contributed by atoms with Crippen molar-refractivity contribution in [2.75, 3.05) is 0 Å². The van der Waals surface area contributed by atoms with Crippen LogP contribution in [0.3, 0.4) is 0 Å². The molecule has 0 aliphatic rings. The molecule has 18 aromatic carbocycles. The summed E-state index contributed by atoms with van der Waals surface area (Å²) in [7, 11) is 0. The van der Waals surface area contributed by atoms with Crippen molar-refractivity contribution in [2.24, 2.45) is 0 Å². The van der Waals surface area contributed by atoms with E-state index in [2.05, 4.69) is 364 Å². The molecular weight excluding hydrogens is 1220 g/mol. The Morgan fingerprint density at radius 1 is 0.122 bits per heavy atom. The van der Waals surface area contributed by atoms with Gasteiger partial charge in [0.15, 0.2) is 0 Å². The van der Waals surface area contributed by atoms with Crippen molar-refractivity contribution in [3.05, 3.63) is 364 Å². The third kappa shape index (κ3) is 9.95. The van der Waals surface area contributed by atoms with E-state index in [4.69, 9.17) is 0 Å². The van der Waals surface area contributed by atoms with Gasteiger partial charge in [0.05, 0.1) is 0 Å². The molecule has 0 nitrogen and oxygen atoms in total. The molecule has 0 atom stereocenters. The van der Waals surface area contributed by atoms with Gasteiger partial charge in [0.25, 0.3) is 0 Å². The Labute approximate surface area is 576 Å². The normalized spacial score (nSPS) is 11.7. The van der Waals surface area contributed by atoms with Crippen LogP contribution in [0.1, 0.15) is 0 Å². The van der Waals surface area contributed by atoms with Crippen molar-refractivity contribution in [3.63, 3.8) is 0 Å². The van der Waals surface area contributed by atoms with Crippen LogP contribution in [0.15, 0.2) is 364 Å². The summed E-state index contributed by atoms with van der Waals surface area (Å²) in [5.74, 6) is 0. The third-order valence-corrected chi connectivity index (χ3v) is 22.6. The third-order valence-electron chi connectivity index (χ3n) is 20.1. The van der Waals surface area contributed by atoms with Gasteiger partial charge in [0.2, 0.25) is 0 Å². The Bertz CT molecular complexity index is 6460. The van der Waals surface area contributed by atoms with Crippen LogP contribution in [-0.2, 0) is 0 Å². The first-order valence-corrected chi connectivity index (χ1v) is 35.3. The molecular formula is C96H60S2. The van der Waals surface area contributed by atoms with Crippen molar-refractivity contribution in [1.82, 2.24) is 0 Å². The highest BCUT2D eigenvalue weighted by Crippen LogP contribution is 2.49. The van der Waals surface area contributed by atoms with Gasteiger partial charge in [-0.1, -0.05) is 303 Å². The van der Waals surface area contributed by atoms with E-state index in [1.165, 1.54) is 194 Å². The smallest absolute Gasteiger partial charge is 0.0434 e. The first-order valence-electron chi connectivity index (χ1n) is 33.7. The van der Waals surface area contributed by atoms with Crippen LogP contribution in [0.4, 0.5) is 0 Å². The van der Waals surface area contributed by atoms with E-state index in [0.717, 1.165) is 0 Å². The maximum Gasteiger partial charge on any atom is 0.0434 e. The van der Waals surface area contributed by atoms with E-state index in [1.54, 1.807) is 0 Å². The Morgan fingerprint density at radius 3 is 0.857 bits per heavy atom. The van der Waals surface area contributed by atoms with Crippen LogP contribution >= 0.6 is 22.7 Å². The van der Waals surface area contributed by atoms with Crippen LogP contribution < -0.4 is 0 Å². The molecule has 2 heterocycles. The fourth-order valence-corrected chi connectivity index (χ4v) is 18.0. The van der Waals surface area contributed by atoms with Crippen molar-refractivity contribution in [3.8, 4) is 89.0 Å². The molecule has 0 radical (unpaired) electrons. The second-order valence-electron chi connectivity index (χ2n) is 25.7. The molecule has 456 valence electrons. The van der Waals surface area contributed by atoms with Crippen molar-refractivity contribution in [1.29, 1.82) is 0 Å². The van der Waals surface area contributed by atoms with Crippen molar-refractivity contribution in [2.45, 2.75) is 0 Å². The van der Waals surface area contributed by atoms with E-state index in [-0.39, 0.29) is 0 Å². The van der Waals surface area contributed by atoms with Crippen LogP contribution in [-0.4, -0.2) is 0 Å². The summed E-state index contributed by atoms with van der Waals surface area (Å²) in [6, 6.07) is 134. The molecule has 2 aromatic heterocycles. The summed E-state index contributed by atoms with van der Waals surface area (Å²) in [6.45, 7) is 0. The second-order valence-corrected chi connectivity index (χ2v) is 27.8. The second kappa shape index (κ2) is 24.0. The van der Waals surface area contributed by atoms with E-state index < -0.39 is 0 Å². The number of hydrogen-bond acceptors (Lipinski definition) is 2. The number of fused-ring (bicyclic) bond motifs is 18. The highest BCUT2D eigenvalue weighted by molar-refractivity contribution is 7.27. The van der Waals surface area contributed by atoms with Gasteiger partial charge in [-0.25, -0.2) is 0 Å². The molecule has 98 heavy (non-hydrogen) atoms. The molecule has 0 amide bonds. The van der Waals surface area contributed by atoms with E-state index in [9.17, 15) is 0 Å². The SMILES string of the molecule is c1cc(-c2cccc(-c3cccc4c3sc3ccccc34)c2)cc(-c2ccc3c4ccccc4c4ccccc4c3c2)c1.c1ccc(-c2cc(-c3ccccc3)c3sc4c(-c5cccc(-c6ccc7c8ccccc8c8ccccc8c7c6)c5)cc(-c5ccccc5)cc4c3c2)cc1. The van der Waals surface area contributed by atoms with Gasteiger partial charge < -0.3 is 0 Å². The lowest BCUT2D eigenvalue weighted by Crippen LogP contribution is -1.87. The maximum atomic E-state index is 2.42. The van der Waals surface area contributed by atoms with Gasteiger partial charge in [-0.2, -0.15) is 0 Å². The molecule has 20 rings (SSSR count). The fraction of sp³-hybridized carbons (Fsp3) is 0. The van der Waals surface area contributed by atoms with Gasteiger partial charge in [-0.15, -0.1) is 22.7 Å². The molecule has 2 heteroatoms. The summed E-state index contributed by atoms with van der Waals surface area (Å²) in [6.07, 6.45) is 0. The predicted molar refractivity (Wildman–Crippen MR) is 427 cm³/mol. The highest BCUT2D eigenvalue weighted by atomic mass is 32.1. The van der Waals surface area contributed by atoms with Crippen LogP contribution in [0, 0.1) is 0 Å². The lowest BCUT2D eigenvalue weighted by Gasteiger charge is -2.13. The molecule has 0 bridgehead atoms. The van der Waals surface area contributed by atoms with Gasteiger partial charge in [-0.3, -0.25) is 0 Å². The monoisotopic (exact) mass is 1280 g/mol. The molecule has 0 saturated heterocycles. The largest absolute Gasteiger partial charge is 0.135 e. The molecule has 0 aliphatic carbocycles. The topological polar surface area (TPSA) is 0 Å². The quantitative estimate of drug-likeness (QED) is 0.133. The van der Waals surface area contributed by atoms with E-state index in [0.29, 0.717) is 0 Å². The molecule has 0 unspecified atom stereocenters. The number of thiophene rings is 2. The van der Waals surface area contributed by atoms with Crippen LogP contribution in [0.2, 0.25) is 0 Å². The zero-order valence-corrected chi connectivity index (χ0v) is 55.1. The predicted octanol–water partition coefficient (Wildman–Crippen LogP) is 28.4. The van der Waals surface area contributed by atoms with Crippen LogP contribution in [0.5, 0.6) is 0 Å². The van der Waals surface area contributed by atoms with Crippen molar-refractivity contribution >= 4 is 128 Å². The summed E-state index contributed by atoms with van der Waals surface area (Å²) >= 11 is 3.81. The minimum absolute atomic E-state index is 1.22. The molecule has 20 aromatic rings. The standard InChI is InChI=1S/C54H34S.C42H26S/c1-4-15-35(16-5-1)41-31-48(37-19-8-3-9-20-37)53-51(33-41)52-34-42(36-17-6-2-7-18-36)32-49(54(52)55-53)40-22-14-21-38(29-40)39-27-28-47-45-25-11-10-23-43(45)44-24-12-13-26-46(44)50(47)30-39;1-2-16-35-33(14-1)34-15-3-4-17-36(34)40-26-30(22-23-37(35)40)28-11-7-10-27(24-28)29-12-8-13-31(25-29)32-19-9-20-39-38-18-5-6-21-41(38)43-42(32)39/h1-34H;1-26H. The lowest BCUT2D eigenvalue weighted by atomic mass is 9.90. The molecule has 0 saturated carbocycles. The van der Waals surface area contributed by atoms with Gasteiger partial charge >= 0.3 is 0 Å². The van der Waals surface area contributed by atoms with E-state index >= 15 is 0 Å². The first kappa shape index (κ1) is 57.4. The van der Waals surface area contributed by atoms with Gasteiger partial charge in [-0.05, 0) is 203 Å². The lowest BCUT2D eigenvalue weighted by molar-refractivity contribution is 1.59. The minimum Gasteiger partial charge on any atom is -0.135 e. The Hall–Kier alpha value is -12.0. The molecule has 0 N–H and O–H groups in total. The highest BCUT2D eigenvalue weighted by Gasteiger charge is 2.20. The van der Waals surface area contributed by atoms with E-state index in [1.807, 2.05) is 22.7 Å². The van der Waals surface area contributed by atoms with Crippen molar-refractivity contribution < 1.29 is 0 Å². The number of benzene rings is 18. The molecule has 0 spiro atoms. The maximum absolute atomic E-state index is 2.42. The Kier molecular flexibility index (Phi) is 14.1. The average molecular weight is 1280 g/mol. The Balaban J connectivity index is 0.000000141. The van der Waals surface area contributed by atoms with Crippen LogP contribution in [0.25, 0.3) is 194 Å². The van der Waals surface area contributed by atoms with Gasteiger partial charge in [0, 0.05) is 51.5 Å². The number of rotatable bonds is 8. The number of hydrogen-bond donors (Lipinski definition) is 0. The minimum atomic E-state index is 1.22. The molecule has 0 fully saturated rings. The Morgan fingerprint density at radius 2 is 0.408 bits per heavy atom. The summed E-state index contributed by atoms with van der Waals surface area (Å²) < 4.78 is 5.32. The summed E-state index contributed by atoms with van der Waals surface area (Å²) in [5, 5.41) is 20.9. The summed E-state index contributed by atoms with van der Waals surface area (Å²) in [5.41, 5.74) is 19.8. The first-order chi connectivity index (χ1) is 48.6. The molecule has 0 aliphatic heterocycles. The average Bonchev–Trinajstić information content (AvgIpc) is 0.898. The van der Waals surface area contributed by atoms with Gasteiger partial charge in [0.1, 0.15) is 0 Å². The zero-order chi connectivity index (χ0) is 64.6. The fourth-order valence-electron chi connectivity index (χ4n) is 15.4.